The quantitative estimate of drug-likeness (QED) is 0.834. The van der Waals surface area contributed by atoms with Crippen LogP contribution in [0, 0.1) is 5.82 Å². The van der Waals surface area contributed by atoms with Crippen LogP contribution < -0.4 is 5.32 Å². The van der Waals surface area contributed by atoms with Gasteiger partial charge in [0.15, 0.2) is 0 Å². The van der Waals surface area contributed by atoms with Gasteiger partial charge in [-0.1, -0.05) is 18.2 Å². The lowest BCUT2D eigenvalue weighted by molar-refractivity contribution is 0.524. The molecule has 106 valence electrons. The average Bonchev–Trinajstić information content (AvgIpc) is 3.13. The third-order valence-electron chi connectivity index (χ3n) is 3.41. The zero-order valence-corrected chi connectivity index (χ0v) is 11.9. The SMILES string of the molecule is CS(=O)(=O)CCC(CNC1CC1)c1ccccc1F. The molecule has 1 aliphatic rings. The van der Waals surface area contributed by atoms with E-state index in [0.29, 0.717) is 24.6 Å². The number of halogens is 1. The fourth-order valence-electron chi connectivity index (χ4n) is 2.13. The Balaban J connectivity index is 2.05. The number of sulfone groups is 1. The van der Waals surface area contributed by atoms with E-state index in [1.165, 1.54) is 12.3 Å². The summed E-state index contributed by atoms with van der Waals surface area (Å²) in [7, 11) is -3.01. The summed E-state index contributed by atoms with van der Waals surface area (Å²) in [4.78, 5) is 0. The maximum atomic E-state index is 13.8. The second-order valence-corrected chi connectivity index (χ2v) is 7.58. The number of nitrogens with one attached hydrogen (secondary N) is 1. The zero-order chi connectivity index (χ0) is 13.9. The average molecular weight is 285 g/mol. The highest BCUT2D eigenvalue weighted by Crippen LogP contribution is 2.25. The molecule has 1 N–H and O–H groups in total. The number of hydrogen-bond donors (Lipinski definition) is 1. The molecule has 0 amide bonds. The van der Waals surface area contributed by atoms with Crippen molar-refractivity contribution in [2.24, 2.45) is 0 Å². The van der Waals surface area contributed by atoms with Gasteiger partial charge in [0.25, 0.3) is 0 Å². The van der Waals surface area contributed by atoms with Crippen LogP contribution in [0.3, 0.4) is 0 Å². The van der Waals surface area contributed by atoms with E-state index in [9.17, 15) is 12.8 Å². The Morgan fingerprint density at radius 3 is 2.63 bits per heavy atom. The molecule has 1 aromatic carbocycles. The highest BCUT2D eigenvalue weighted by Gasteiger charge is 2.24. The summed E-state index contributed by atoms with van der Waals surface area (Å²) in [5.41, 5.74) is 0.610. The fourth-order valence-corrected chi connectivity index (χ4v) is 2.84. The van der Waals surface area contributed by atoms with Crippen LogP contribution >= 0.6 is 0 Å². The Hall–Kier alpha value is -0.940. The molecule has 19 heavy (non-hydrogen) atoms. The van der Waals surface area contributed by atoms with E-state index in [-0.39, 0.29) is 17.5 Å². The summed E-state index contributed by atoms with van der Waals surface area (Å²) in [6, 6.07) is 7.16. The van der Waals surface area contributed by atoms with E-state index < -0.39 is 9.84 Å². The van der Waals surface area contributed by atoms with Gasteiger partial charge in [-0.25, -0.2) is 12.8 Å². The maximum absolute atomic E-state index is 13.8. The van der Waals surface area contributed by atoms with Crippen LogP contribution in [0.1, 0.15) is 30.7 Å². The minimum atomic E-state index is -3.01. The molecular formula is C14H20FNO2S. The highest BCUT2D eigenvalue weighted by molar-refractivity contribution is 7.90. The maximum Gasteiger partial charge on any atom is 0.147 e. The molecule has 2 rings (SSSR count). The van der Waals surface area contributed by atoms with Crippen molar-refractivity contribution in [2.45, 2.75) is 31.2 Å². The molecule has 5 heteroatoms. The molecule has 1 aromatic rings. The van der Waals surface area contributed by atoms with E-state index in [1.54, 1.807) is 18.2 Å². The van der Waals surface area contributed by atoms with E-state index in [2.05, 4.69) is 5.32 Å². The second-order valence-electron chi connectivity index (χ2n) is 5.32. The second kappa shape index (κ2) is 6.01. The van der Waals surface area contributed by atoms with E-state index in [1.807, 2.05) is 0 Å². The predicted molar refractivity (Wildman–Crippen MR) is 74.5 cm³/mol. The summed E-state index contributed by atoms with van der Waals surface area (Å²) < 4.78 is 36.4. The van der Waals surface area contributed by atoms with Crippen molar-refractivity contribution in [3.05, 3.63) is 35.6 Å². The number of hydrogen-bond acceptors (Lipinski definition) is 3. The third kappa shape index (κ3) is 4.91. The van der Waals surface area contributed by atoms with Crippen molar-refractivity contribution >= 4 is 9.84 Å². The van der Waals surface area contributed by atoms with E-state index in [0.717, 1.165) is 12.8 Å². The third-order valence-corrected chi connectivity index (χ3v) is 4.39. The molecular weight excluding hydrogens is 265 g/mol. The van der Waals surface area contributed by atoms with Gasteiger partial charge in [-0.2, -0.15) is 0 Å². The molecule has 1 saturated carbocycles. The monoisotopic (exact) mass is 285 g/mol. The Bertz CT molecular complexity index is 526. The first-order chi connectivity index (χ1) is 8.96. The molecule has 0 spiro atoms. The number of rotatable bonds is 7. The summed E-state index contributed by atoms with van der Waals surface area (Å²) in [6.07, 6.45) is 4.01. The van der Waals surface area contributed by atoms with Crippen molar-refractivity contribution in [3.63, 3.8) is 0 Å². The Morgan fingerprint density at radius 2 is 2.05 bits per heavy atom. The van der Waals surface area contributed by atoms with Gasteiger partial charge in [0, 0.05) is 24.8 Å². The largest absolute Gasteiger partial charge is 0.313 e. The van der Waals surface area contributed by atoms with Crippen molar-refractivity contribution in [1.82, 2.24) is 5.32 Å². The summed E-state index contributed by atoms with van der Waals surface area (Å²) >= 11 is 0. The predicted octanol–water partition coefficient (Wildman–Crippen LogP) is 2.10. The first-order valence-corrected chi connectivity index (χ1v) is 8.67. The topological polar surface area (TPSA) is 46.2 Å². The van der Waals surface area contributed by atoms with Gasteiger partial charge in [0.2, 0.25) is 0 Å². The molecule has 0 radical (unpaired) electrons. The zero-order valence-electron chi connectivity index (χ0n) is 11.1. The van der Waals surface area contributed by atoms with Crippen LogP contribution in [0.25, 0.3) is 0 Å². The highest BCUT2D eigenvalue weighted by atomic mass is 32.2. The van der Waals surface area contributed by atoms with Crippen LogP contribution in [0.4, 0.5) is 4.39 Å². The number of benzene rings is 1. The molecule has 0 aromatic heterocycles. The summed E-state index contributed by atoms with van der Waals surface area (Å²) in [6.45, 7) is 0.640. The molecule has 1 unspecified atom stereocenters. The Kier molecular flexibility index (Phi) is 4.58. The van der Waals surface area contributed by atoms with Gasteiger partial charge >= 0.3 is 0 Å². The molecule has 1 atom stereocenters. The van der Waals surface area contributed by atoms with Gasteiger partial charge < -0.3 is 5.32 Å². The van der Waals surface area contributed by atoms with Crippen molar-refractivity contribution in [2.75, 3.05) is 18.6 Å². The van der Waals surface area contributed by atoms with E-state index in [4.69, 9.17) is 0 Å². The minimum Gasteiger partial charge on any atom is -0.313 e. The van der Waals surface area contributed by atoms with Gasteiger partial charge in [0.1, 0.15) is 15.7 Å². The summed E-state index contributed by atoms with van der Waals surface area (Å²) in [5.74, 6) is -0.242. The van der Waals surface area contributed by atoms with Crippen LogP contribution in [0.5, 0.6) is 0 Å². The van der Waals surface area contributed by atoms with Gasteiger partial charge in [-0.3, -0.25) is 0 Å². The van der Waals surface area contributed by atoms with Crippen LogP contribution in [-0.4, -0.2) is 33.0 Å². The summed E-state index contributed by atoms with van der Waals surface area (Å²) in [5, 5.41) is 3.36. The standard InChI is InChI=1S/C14H20FNO2S/c1-19(17,18)9-8-11(10-16-12-6-7-12)13-4-2-3-5-14(13)15/h2-5,11-12,16H,6-10H2,1H3. The van der Waals surface area contributed by atoms with Crippen LogP contribution in [0.2, 0.25) is 0 Å². The molecule has 0 aliphatic heterocycles. The lowest BCUT2D eigenvalue weighted by atomic mass is 9.96. The van der Waals surface area contributed by atoms with Gasteiger partial charge in [-0.05, 0) is 30.9 Å². The minimum absolute atomic E-state index is 0.0866. The lowest BCUT2D eigenvalue weighted by Crippen LogP contribution is -2.25. The van der Waals surface area contributed by atoms with E-state index >= 15 is 0 Å². The fraction of sp³-hybridized carbons (Fsp3) is 0.571. The van der Waals surface area contributed by atoms with Gasteiger partial charge in [0.05, 0.1) is 5.75 Å². The first-order valence-electron chi connectivity index (χ1n) is 6.61. The molecule has 0 bridgehead atoms. The van der Waals surface area contributed by atoms with Crippen LogP contribution in [0.15, 0.2) is 24.3 Å². The van der Waals surface area contributed by atoms with Crippen molar-refractivity contribution < 1.29 is 12.8 Å². The van der Waals surface area contributed by atoms with Crippen molar-refractivity contribution in [1.29, 1.82) is 0 Å². The normalized spacial score (nSPS) is 17.4. The van der Waals surface area contributed by atoms with Gasteiger partial charge in [-0.15, -0.1) is 0 Å². The molecule has 1 fully saturated rings. The van der Waals surface area contributed by atoms with Crippen molar-refractivity contribution in [3.8, 4) is 0 Å². The Labute approximate surface area is 114 Å². The van der Waals surface area contributed by atoms with Crippen LogP contribution in [-0.2, 0) is 9.84 Å². The molecule has 3 nitrogen and oxygen atoms in total. The molecule has 1 aliphatic carbocycles. The lowest BCUT2D eigenvalue weighted by Gasteiger charge is -2.18. The smallest absolute Gasteiger partial charge is 0.147 e. The molecule has 0 heterocycles. The first kappa shape index (κ1) is 14.5. The molecule has 0 saturated heterocycles. The Morgan fingerprint density at radius 1 is 1.37 bits per heavy atom.